The van der Waals surface area contributed by atoms with Gasteiger partial charge >= 0.3 is 0 Å². The van der Waals surface area contributed by atoms with E-state index in [-0.39, 0.29) is 19.5 Å². The second kappa shape index (κ2) is 8.35. The van der Waals surface area contributed by atoms with Gasteiger partial charge in [-0.2, -0.15) is 0 Å². The Bertz CT molecular complexity index is 745. The molecule has 2 rings (SSSR count). The van der Waals surface area contributed by atoms with Crippen LogP contribution in [0.3, 0.4) is 0 Å². The van der Waals surface area contributed by atoms with Crippen molar-refractivity contribution in [3.05, 3.63) is 58.7 Å². The predicted octanol–water partition coefficient (Wildman–Crippen LogP) is 5.78. The molecule has 0 aromatic heterocycles. The predicted molar refractivity (Wildman–Crippen MR) is 114 cm³/mol. The molecule has 0 amide bonds. The Morgan fingerprint density at radius 2 is 1.58 bits per heavy atom. The quantitative estimate of drug-likeness (QED) is 0.603. The van der Waals surface area contributed by atoms with Gasteiger partial charge in [-0.3, -0.25) is 4.79 Å². The first-order valence-electron chi connectivity index (χ1n) is 9.24. The van der Waals surface area contributed by atoms with Gasteiger partial charge in [-0.1, -0.05) is 58.9 Å². The van der Waals surface area contributed by atoms with Gasteiger partial charge < -0.3 is 4.74 Å². The van der Waals surface area contributed by atoms with Gasteiger partial charge in [-0.25, -0.2) is 0 Å². The third kappa shape index (κ3) is 5.42. The summed E-state index contributed by atoms with van der Waals surface area (Å²) in [5.74, 6) is 1.36. The molecule has 0 N–H and O–H groups in total. The average Bonchev–Trinajstić information content (AvgIpc) is 2.52. The second-order valence-electron chi connectivity index (χ2n) is 8.42. The van der Waals surface area contributed by atoms with Crippen LogP contribution >= 0.6 is 8.58 Å². The fourth-order valence-corrected chi connectivity index (χ4v) is 3.96. The Hall–Kier alpha value is -1.66. The van der Waals surface area contributed by atoms with Crippen molar-refractivity contribution in [3.63, 3.8) is 0 Å². The zero-order valence-corrected chi connectivity index (χ0v) is 18.1. The van der Waals surface area contributed by atoms with Crippen molar-refractivity contribution < 1.29 is 9.53 Å². The molecular formula is C23H31O2P. The molecule has 2 aromatic carbocycles. The number of carbonyl (C=O) groups is 1. The molecule has 0 saturated heterocycles. The van der Waals surface area contributed by atoms with Gasteiger partial charge in [0.1, 0.15) is 5.75 Å². The molecule has 1 atom stereocenters. The highest BCUT2D eigenvalue weighted by Crippen LogP contribution is 2.30. The highest BCUT2D eigenvalue weighted by Gasteiger charge is 2.19. The van der Waals surface area contributed by atoms with Crippen LogP contribution in [0.2, 0.25) is 0 Å². The number of aryl methyl sites for hydroxylation is 2. The summed E-state index contributed by atoms with van der Waals surface area (Å²) < 4.78 is 5.71. The molecule has 0 bridgehead atoms. The highest BCUT2D eigenvalue weighted by atomic mass is 31.1. The van der Waals surface area contributed by atoms with E-state index in [1.807, 2.05) is 38.1 Å². The molecule has 26 heavy (non-hydrogen) atoms. The molecule has 0 radical (unpaired) electrons. The Labute approximate surface area is 160 Å². The zero-order valence-electron chi connectivity index (χ0n) is 17.1. The lowest BCUT2D eigenvalue weighted by molar-refractivity contribution is 0.108. The molecule has 0 spiro atoms. The Morgan fingerprint density at radius 3 is 2.04 bits per heavy atom. The topological polar surface area (TPSA) is 26.3 Å². The summed E-state index contributed by atoms with van der Waals surface area (Å²) in [6.45, 7) is 15.7. The lowest BCUT2D eigenvalue weighted by Crippen LogP contribution is -2.13. The smallest absolute Gasteiger partial charge is 0.186 e. The number of rotatable bonds is 6. The van der Waals surface area contributed by atoms with Crippen LogP contribution in [0.4, 0.5) is 0 Å². The molecule has 3 heteroatoms. The fraction of sp³-hybridized carbons (Fsp3) is 0.435. The zero-order chi connectivity index (χ0) is 19.5. The van der Waals surface area contributed by atoms with E-state index in [1.54, 1.807) is 0 Å². The maximum absolute atomic E-state index is 12.9. The van der Waals surface area contributed by atoms with Crippen molar-refractivity contribution in [1.29, 1.82) is 0 Å². The number of benzene rings is 2. The molecule has 0 heterocycles. The maximum Gasteiger partial charge on any atom is 0.186 e. The maximum atomic E-state index is 12.9. The van der Waals surface area contributed by atoms with Gasteiger partial charge in [0.25, 0.3) is 0 Å². The van der Waals surface area contributed by atoms with Gasteiger partial charge in [-0.05, 0) is 67.9 Å². The van der Waals surface area contributed by atoms with Crippen molar-refractivity contribution in [1.82, 2.24) is 0 Å². The summed E-state index contributed by atoms with van der Waals surface area (Å²) >= 11 is 0. The minimum Gasteiger partial charge on any atom is -0.493 e. The fourth-order valence-electron chi connectivity index (χ4n) is 2.85. The number of hydrogen-bond acceptors (Lipinski definition) is 2. The minimum atomic E-state index is 0.0885. The largest absolute Gasteiger partial charge is 0.493 e. The van der Waals surface area contributed by atoms with Crippen LogP contribution in [0.5, 0.6) is 5.75 Å². The second-order valence-corrected chi connectivity index (χ2v) is 9.70. The average molecular weight is 370 g/mol. The van der Waals surface area contributed by atoms with Crippen molar-refractivity contribution in [3.8, 4) is 5.75 Å². The van der Waals surface area contributed by atoms with Gasteiger partial charge in [0.2, 0.25) is 0 Å². The lowest BCUT2D eigenvalue weighted by atomic mass is 9.84. The standard InChI is InChI=1S/C23H31O2P/c1-15(2)14-25-19-8-10-20(11-9-19)26-22(24)21-16(3)12-18(13-17(21)4)23(5,6)7/h8-13,15,26H,14H2,1-7H3. The van der Waals surface area contributed by atoms with Crippen LogP contribution < -0.4 is 10.0 Å². The summed E-state index contributed by atoms with van der Waals surface area (Å²) in [5, 5.41) is 1.05. The summed E-state index contributed by atoms with van der Waals surface area (Å²) in [6.07, 6.45) is 0. The van der Waals surface area contributed by atoms with Crippen LogP contribution in [0.15, 0.2) is 36.4 Å². The van der Waals surface area contributed by atoms with Crippen LogP contribution in [-0.2, 0) is 5.41 Å². The van der Waals surface area contributed by atoms with Gasteiger partial charge in [-0.15, -0.1) is 0 Å². The van der Waals surface area contributed by atoms with Crippen LogP contribution in [0.1, 0.15) is 61.7 Å². The first-order valence-corrected chi connectivity index (χ1v) is 10.2. The molecular weight excluding hydrogens is 339 g/mol. The van der Waals surface area contributed by atoms with E-state index in [0.29, 0.717) is 12.5 Å². The van der Waals surface area contributed by atoms with Crippen molar-refractivity contribution in [2.75, 3.05) is 6.61 Å². The molecule has 2 aromatic rings. The van der Waals surface area contributed by atoms with E-state index in [0.717, 1.165) is 27.7 Å². The van der Waals surface area contributed by atoms with Crippen LogP contribution in [-0.4, -0.2) is 12.1 Å². The van der Waals surface area contributed by atoms with Crippen LogP contribution in [0.25, 0.3) is 0 Å². The Morgan fingerprint density at radius 1 is 1.04 bits per heavy atom. The summed E-state index contributed by atoms with van der Waals surface area (Å²) in [5.41, 5.74) is 4.59. The number of carbonyl (C=O) groups excluding carboxylic acids is 1. The molecule has 0 aliphatic rings. The molecule has 0 fully saturated rings. The number of hydrogen-bond donors (Lipinski definition) is 0. The normalized spacial score (nSPS) is 12.2. The van der Waals surface area contributed by atoms with Gasteiger partial charge in [0.05, 0.1) is 6.61 Å². The molecule has 2 nitrogen and oxygen atoms in total. The first kappa shape index (κ1) is 20.6. The number of ether oxygens (including phenoxy) is 1. The third-order valence-corrected chi connectivity index (χ3v) is 5.42. The van der Waals surface area contributed by atoms with Crippen molar-refractivity contribution in [2.24, 2.45) is 5.92 Å². The van der Waals surface area contributed by atoms with E-state index in [9.17, 15) is 4.79 Å². The summed E-state index contributed by atoms with van der Waals surface area (Å²) in [7, 11) is 0.131. The molecule has 0 saturated carbocycles. The Balaban J connectivity index is 2.15. The summed E-state index contributed by atoms with van der Waals surface area (Å²) in [6, 6.07) is 12.2. The van der Waals surface area contributed by atoms with Gasteiger partial charge in [0, 0.05) is 5.56 Å². The van der Waals surface area contributed by atoms with Crippen molar-refractivity contribution >= 4 is 19.4 Å². The molecule has 0 aliphatic heterocycles. The Kier molecular flexibility index (Phi) is 6.64. The SMILES string of the molecule is Cc1cc(C(C)(C)C)cc(C)c1C(=O)Pc1ccc(OCC(C)C)cc1. The molecule has 1 unspecified atom stereocenters. The van der Waals surface area contributed by atoms with Crippen LogP contribution in [0, 0.1) is 19.8 Å². The molecule has 0 aliphatic carbocycles. The van der Waals surface area contributed by atoms with Crippen molar-refractivity contribution in [2.45, 2.75) is 53.9 Å². The monoisotopic (exact) mass is 370 g/mol. The summed E-state index contributed by atoms with van der Waals surface area (Å²) in [4.78, 5) is 12.9. The van der Waals surface area contributed by atoms with E-state index in [1.165, 1.54) is 5.56 Å². The van der Waals surface area contributed by atoms with E-state index in [2.05, 4.69) is 46.8 Å². The minimum absolute atomic E-state index is 0.0885. The van der Waals surface area contributed by atoms with Gasteiger partial charge in [0.15, 0.2) is 5.52 Å². The first-order chi connectivity index (χ1) is 12.1. The molecule has 140 valence electrons. The third-order valence-electron chi connectivity index (χ3n) is 4.32. The van der Waals surface area contributed by atoms with E-state index < -0.39 is 0 Å². The highest BCUT2D eigenvalue weighted by molar-refractivity contribution is 7.66. The van der Waals surface area contributed by atoms with E-state index in [4.69, 9.17) is 4.74 Å². The lowest BCUT2D eigenvalue weighted by Gasteiger charge is -2.22. The van der Waals surface area contributed by atoms with E-state index >= 15 is 0 Å².